The van der Waals surface area contributed by atoms with Crippen LogP contribution in [0.5, 0.6) is 5.75 Å². The van der Waals surface area contributed by atoms with Crippen LogP contribution in [0.1, 0.15) is 27.9 Å². The minimum atomic E-state index is -0.529. The van der Waals surface area contributed by atoms with E-state index in [0.717, 1.165) is 37.3 Å². The number of amides is 1. The Kier molecular flexibility index (Phi) is 6.04. The molecule has 35 heavy (non-hydrogen) atoms. The van der Waals surface area contributed by atoms with Crippen LogP contribution in [0.2, 0.25) is 0 Å². The predicted molar refractivity (Wildman–Crippen MR) is 135 cm³/mol. The number of benzene rings is 2. The van der Waals surface area contributed by atoms with Crippen LogP contribution in [0.25, 0.3) is 0 Å². The molecule has 1 aromatic heterocycles. The molecule has 3 heterocycles. The van der Waals surface area contributed by atoms with E-state index in [4.69, 9.17) is 0 Å². The van der Waals surface area contributed by atoms with Crippen LogP contribution in [-0.2, 0) is 6.54 Å². The zero-order valence-corrected chi connectivity index (χ0v) is 20.0. The van der Waals surface area contributed by atoms with E-state index < -0.39 is 5.82 Å². The van der Waals surface area contributed by atoms with Crippen LogP contribution in [0.3, 0.4) is 0 Å². The van der Waals surface area contributed by atoms with Crippen molar-refractivity contribution in [1.29, 1.82) is 0 Å². The lowest BCUT2D eigenvalue weighted by Crippen LogP contribution is -2.31. The van der Waals surface area contributed by atoms with E-state index >= 15 is 0 Å². The second-order valence-electron chi connectivity index (χ2n) is 9.43. The highest BCUT2D eigenvalue weighted by Gasteiger charge is 2.26. The largest absolute Gasteiger partial charge is 0.508 e. The molecule has 0 spiro atoms. The van der Waals surface area contributed by atoms with E-state index in [0.29, 0.717) is 28.8 Å². The standard InChI is InChI=1S/C26H29FN6O2/c1-15-10-18(27)21(12-23(15)34)29-20-6-8-28-25-24(20)26(35)31-22-11-16(4-5-19(22)30-25)13-33-9-7-17(14-33)32(2)3/h4-6,8,10-12,17,34H,7,9,13-14H2,1-3H3,(H,31,35)(H2,28,29,30)/t17-/m1/s1. The summed E-state index contributed by atoms with van der Waals surface area (Å²) in [4.78, 5) is 22.3. The number of nitrogens with one attached hydrogen (secondary N) is 3. The van der Waals surface area contributed by atoms with Crippen LogP contribution in [0.4, 0.5) is 33.0 Å². The number of nitrogens with zero attached hydrogens (tertiary/aromatic N) is 3. The second kappa shape index (κ2) is 9.16. The van der Waals surface area contributed by atoms with Gasteiger partial charge in [0.1, 0.15) is 22.9 Å². The maximum absolute atomic E-state index is 14.5. The van der Waals surface area contributed by atoms with Crippen LogP contribution >= 0.6 is 0 Å². The summed E-state index contributed by atoms with van der Waals surface area (Å²) in [6, 6.07) is 10.7. The van der Waals surface area contributed by atoms with Crippen LogP contribution in [-0.4, -0.2) is 59.0 Å². The first-order valence-electron chi connectivity index (χ1n) is 11.6. The van der Waals surface area contributed by atoms with Gasteiger partial charge in [0.2, 0.25) is 0 Å². The first-order valence-corrected chi connectivity index (χ1v) is 11.6. The lowest BCUT2D eigenvalue weighted by molar-refractivity contribution is 0.102. The third-order valence-corrected chi connectivity index (χ3v) is 6.70. The summed E-state index contributed by atoms with van der Waals surface area (Å²) < 4.78 is 14.5. The zero-order valence-electron chi connectivity index (χ0n) is 20.0. The van der Waals surface area contributed by atoms with E-state index in [9.17, 15) is 14.3 Å². The minimum Gasteiger partial charge on any atom is -0.508 e. The fraction of sp³-hybridized carbons (Fsp3) is 0.308. The van der Waals surface area contributed by atoms with Crippen molar-refractivity contribution in [1.82, 2.24) is 14.8 Å². The minimum absolute atomic E-state index is 0.0357. The molecule has 2 aliphatic heterocycles. The molecule has 2 aliphatic rings. The summed E-state index contributed by atoms with van der Waals surface area (Å²) in [6.07, 6.45) is 2.69. The molecule has 0 bridgehead atoms. The summed E-state index contributed by atoms with van der Waals surface area (Å²) >= 11 is 0. The zero-order chi connectivity index (χ0) is 24.7. The van der Waals surface area contributed by atoms with Crippen molar-refractivity contribution in [2.24, 2.45) is 0 Å². The summed E-state index contributed by atoms with van der Waals surface area (Å²) in [6.45, 7) is 4.49. The topological polar surface area (TPSA) is 92.8 Å². The number of carbonyl (C=O) groups is 1. The smallest absolute Gasteiger partial charge is 0.261 e. The highest BCUT2D eigenvalue weighted by molar-refractivity contribution is 6.15. The number of hydrogen-bond acceptors (Lipinski definition) is 7. The molecule has 1 fully saturated rings. The molecular formula is C26H29FN6O2. The van der Waals surface area contributed by atoms with Crippen LogP contribution < -0.4 is 16.0 Å². The number of likely N-dealkylation sites (tertiary alicyclic amines) is 1. The molecule has 5 rings (SSSR count). The third kappa shape index (κ3) is 4.65. The number of likely N-dealkylation sites (N-methyl/N-ethyl adjacent to an activating group) is 1. The number of halogens is 1. The number of phenols is 1. The first-order chi connectivity index (χ1) is 16.8. The van der Waals surface area contributed by atoms with Crippen molar-refractivity contribution in [3.8, 4) is 5.75 Å². The van der Waals surface area contributed by atoms with Gasteiger partial charge in [-0.1, -0.05) is 6.07 Å². The highest BCUT2D eigenvalue weighted by Crippen LogP contribution is 2.36. The molecule has 3 aromatic rings. The molecule has 0 unspecified atom stereocenters. The number of fused-ring (bicyclic) bond motifs is 2. The molecule has 1 amide bonds. The number of pyridine rings is 1. The van der Waals surface area contributed by atoms with E-state index in [1.165, 1.54) is 12.1 Å². The fourth-order valence-electron chi connectivity index (χ4n) is 4.64. The fourth-order valence-corrected chi connectivity index (χ4v) is 4.64. The van der Waals surface area contributed by atoms with Gasteiger partial charge in [0.25, 0.3) is 5.91 Å². The van der Waals surface area contributed by atoms with E-state index in [1.807, 2.05) is 12.1 Å². The van der Waals surface area contributed by atoms with Gasteiger partial charge in [-0.15, -0.1) is 0 Å². The van der Waals surface area contributed by atoms with Crippen molar-refractivity contribution in [2.75, 3.05) is 43.1 Å². The Morgan fingerprint density at radius 2 is 2.00 bits per heavy atom. The van der Waals surface area contributed by atoms with E-state index in [-0.39, 0.29) is 22.9 Å². The van der Waals surface area contributed by atoms with Gasteiger partial charge in [-0.25, -0.2) is 9.37 Å². The number of rotatable bonds is 5. The predicted octanol–water partition coefficient (Wildman–Crippen LogP) is 4.42. The molecule has 0 saturated carbocycles. The molecular weight excluding hydrogens is 447 g/mol. The molecule has 0 radical (unpaired) electrons. The van der Waals surface area contributed by atoms with Gasteiger partial charge in [-0.3, -0.25) is 9.69 Å². The summed E-state index contributed by atoms with van der Waals surface area (Å²) in [5.74, 6) is -0.556. The lowest BCUT2D eigenvalue weighted by atomic mass is 10.1. The van der Waals surface area contributed by atoms with E-state index in [2.05, 4.69) is 50.9 Å². The lowest BCUT2D eigenvalue weighted by Gasteiger charge is -2.20. The number of anilines is 5. The molecule has 4 N–H and O–H groups in total. The van der Waals surface area contributed by atoms with Gasteiger partial charge >= 0.3 is 0 Å². The highest BCUT2D eigenvalue weighted by atomic mass is 19.1. The van der Waals surface area contributed by atoms with Crippen molar-refractivity contribution < 1.29 is 14.3 Å². The molecule has 9 heteroatoms. The average molecular weight is 477 g/mol. The van der Waals surface area contributed by atoms with Crippen LogP contribution in [0.15, 0.2) is 42.6 Å². The number of aryl methyl sites for hydroxylation is 1. The summed E-state index contributed by atoms with van der Waals surface area (Å²) in [7, 11) is 4.23. The Morgan fingerprint density at radius 1 is 1.17 bits per heavy atom. The van der Waals surface area contributed by atoms with E-state index in [1.54, 1.807) is 19.2 Å². The number of phenolic OH excluding ortho intramolecular Hbond substituents is 1. The number of aromatic nitrogens is 1. The quantitative estimate of drug-likeness (QED) is 0.433. The van der Waals surface area contributed by atoms with Crippen LogP contribution in [0, 0.1) is 12.7 Å². The molecule has 1 saturated heterocycles. The third-order valence-electron chi connectivity index (χ3n) is 6.70. The Hall–Kier alpha value is -3.69. The number of carbonyl (C=O) groups excluding carboxylic acids is 1. The van der Waals surface area contributed by atoms with Crippen molar-refractivity contribution in [2.45, 2.75) is 25.9 Å². The van der Waals surface area contributed by atoms with Gasteiger partial charge in [-0.05, 0) is 62.8 Å². The normalized spacial score (nSPS) is 17.4. The molecule has 2 aromatic carbocycles. The molecule has 182 valence electrons. The monoisotopic (exact) mass is 476 g/mol. The number of hydrogen-bond donors (Lipinski definition) is 4. The average Bonchev–Trinajstić information content (AvgIpc) is 3.22. The van der Waals surface area contributed by atoms with Gasteiger partial charge < -0.3 is 26.0 Å². The molecule has 8 nitrogen and oxygen atoms in total. The van der Waals surface area contributed by atoms with Gasteiger partial charge in [0, 0.05) is 37.9 Å². The van der Waals surface area contributed by atoms with Gasteiger partial charge in [-0.2, -0.15) is 0 Å². The SMILES string of the molecule is Cc1cc(F)c(Nc2ccnc3c2C(=O)Nc2cc(CN4CC[C@@H](N(C)C)C4)ccc2N3)cc1O. The van der Waals surface area contributed by atoms with Gasteiger partial charge in [0.05, 0.1) is 22.7 Å². The summed E-state index contributed by atoms with van der Waals surface area (Å²) in [5, 5.41) is 19.2. The Labute approximate surface area is 203 Å². The van der Waals surface area contributed by atoms with Crippen molar-refractivity contribution >= 4 is 34.5 Å². The first kappa shape index (κ1) is 23.1. The molecule has 1 atom stereocenters. The Morgan fingerprint density at radius 3 is 2.77 bits per heavy atom. The molecule has 0 aliphatic carbocycles. The van der Waals surface area contributed by atoms with Crippen molar-refractivity contribution in [3.63, 3.8) is 0 Å². The Balaban J connectivity index is 1.39. The number of aromatic hydroxyl groups is 1. The maximum Gasteiger partial charge on any atom is 0.261 e. The Bertz CT molecular complexity index is 1300. The summed E-state index contributed by atoms with van der Waals surface area (Å²) in [5.41, 5.74) is 3.65. The van der Waals surface area contributed by atoms with Gasteiger partial charge in [0.15, 0.2) is 0 Å². The second-order valence-corrected chi connectivity index (χ2v) is 9.43. The van der Waals surface area contributed by atoms with Crippen molar-refractivity contribution in [3.05, 3.63) is 65.1 Å². The maximum atomic E-state index is 14.5.